The first-order valence-corrected chi connectivity index (χ1v) is 11.3. The second-order valence-corrected chi connectivity index (χ2v) is 8.22. The summed E-state index contributed by atoms with van der Waals surface area (Å²) in [6.07, 6.45) is 5.34. The molecule has 2 aromatic carbocycles. The fraction of sp³-hybridized carbons (Fsp3) is 0.259. The summed E-state index contributed by atoms with van der Waals surface area (Å²) in [7, 11) is 0. The average molecular weight is 472 g/mol. The van der Waals surface area contributed by atoms with Crippen molar-refractivity contribution in [1.82, 2.24) is 15.0 Å². The van der Waals surface area contributed by atoms with Gasteiger partial charge in [-0.15, -0.1) is 0 Å². The molecule has 0 spiro atoms. The summed E-state index contributed by atoms with van der Waals surface area (Å²) in [5.74, 6) is 1.28. The normalized spacial score (nSPS) is 11.9. The molecule has 0 fully saturated rings. The second-order valence-electron chi connectivity index (χ2n) is 8.22. The number of carbonyl (C=O) groups excluding carboxylic acids is 1. The number of esters is 1. The minimum absolute atomic E-state index is 0.236. The zero-order valence-corrected chi connectivity index (χ0v) is 19.9. The Kier molecular flexibility index (Phi) is 7.52. The smallest absolute Gasteiger partial charge is 0.327 e. The van der Waals surface area contributed by atoms with Crippen LogP contribution in [0.5, 0.6) is 5.75 Å². The molecule has 4 rings (SSSR count). The zero-order chi connectivity index (χ0) is 24.8. The maximum Gasteiger partial charge on any atom is 0.327 e. The van der Waals surface area contributed by atoms with E-state index >= 15 is 0 Å². The van der Waals surface area contributed by atoms with Crippen molar-refractivity contribution in [1.29, 1.82) is 0 Å². The standard InChI is InChI=1S/C27H27N4O4/c1-17(2)34-27(32)25(28)21-5-4-6-22(15-21)33-14-11-23-18(3)35-26(31-23)20-9-7-19(8-10-20)24-16-29-12-13-30-24/h4-10,12-13,16-17,25H,11,14,28H2,1-3H3. The number of benzene rings is 2. The first-order chi connectivity index (χ1) is 16.9. The topological polar surface area (TPSA) is 113 Å². The van der Waals surface area contributed by atoms with Crippen LogP contribution in [0, 0.1) is 13.0 Å². The van der Waals surface area contributed by atoms with Gasteiger partial charge in [-0.2, -0.15) is 0 Å². The molecular formula is C27H27N4O4. The molecule has 0 amide bonds. The first-order valence-electron chi connectivity index (χ1n) is 11.3. The van der Waals surface area contributed by atoms with Crippen molar-refractivity contribution in [3.63, 3.8) is 0 Å². The third-order valence-electron chi connectivity index (χ3n) is 5.21. The summed E-state index contributed by atoms with van der Waals surface area (Å²) in [4.78, 5) is 25.1. The summed E-state index contributed by atoms with van der Waals surface area (Å²) >= 11 is 0. The van der Waals surface area contributed by atoms with Crippen LogP contribution < -0.4 is 10.5 Å². The minimum atomic E-state index is -0.915. The van der Waals surface area contributed by atoms with Gasteiger partial charge in [0.05, 0.1) is 30.3 Å². The van der Waals surface area contributed by atoms with Crippen molar-refractivity contribution in [2.24, 2.45) is 5.73 Å². The molecule has 0 bridgehead atoms. The lowest BCUT2D eigenvalue weighted by Gasteiger charge is -2.14. The maximum atomic E-state index is 12.1. The maximum absolute atomic E-state index is 12.1. The number of nitrogens with zero attached hydrogens (tertiary/aromatic N) is 3. The van der Waals surface area contributed by atoms with Gasteiger partial charge >= 0.3 is 5.97 Å². The second kappa shape index (κ2) is 10.9. The van der Waals surface area contributed by atoms with Crippen molar-refractivity contribution in [2.45, 2.75) is 39.3 Å². The van der Waals surface area contributed by atoms with E-state index in [0.29, 0.717) is 30.2 Å². The highest BCUT2D eigenvalue weighted by Gasteiger charge is 2.19. The fourth-order valence-corrected chi connectivity index (χ4v) is 3.44. The van der Waals surface area contributed by atoms with Crippen LogP contribution in [0.3, 0.4) is 0 Å². The first kappa shape index (κ1) is 24.1. The van der Waals surface area contributed by atoms with E-state index in [1.807, 2.05) is 31.2 Å². The van der Waals surface area contributed by atoms with E-state index in [1.54, 1.807) is 50.6 Å². The molecule has 8 nitrogen and oxygen atoms in total. The van der Waals surface area contributed by atoms with Crippen LogP contribution in [0.4, 0.5) is 0 Å². The number of nitrogens with two attached hydrogens (primary N) is 1. The number of carbonyl (C=O) groups is 1. The predicted octanol–water partition coefficient (Wildman–Crippen LogP) is 4.48. The number of hydrogen-bond acceptors (Lipinski definition) is 8. The third-order valence-corrected chi connectivity index (χ3v) is 5.21. The van der Waals surface area contributed by atoms with Crippen LogP contribution in [-0.2, 0) is 16.0 Å². The third kappa shape index (κ3) is 6.10. The van der Waals surface area contributed by atoms with Crippen LogP contribution >= 0.6 is 0 Å². The van der Waals surface area contributed by atoms with Crippen molar-refractivity contribution in [3.8, 4) is 28.5 Å². The van der Waals surface area contributed by atoms with Crippen molar-refractivity contribution >= 4 is 5.97 Å². The Hall–Kier alpha value is -4.04. The SMILES string of the molecule is Cc1oc(-c2ccc(-c3cnccn3)cc2)nc1CCOc1[c]c(C(N)C(=O)OC(C)C)ccc1. The van der Waals surface area contributed by atoms with E-state index in [0.717, 1.165) is 28.3 Å². The summed E-state index contributed by atoms with van der Waals surface area (Å²) in [5, 5.41) is 0. The molecule has 2 aromatic heterocycles. The molecule has 179 valence electrons. The number of aryl methyl sites for hydroxylation is 1. The van der Waals surface area contributed by atoms with E-state index in [1.165, 1.54) is 0 Å². The Bertz CT molecular complexity index is 1270. The summed E-state index contributed by atoms with van der Waals surface area (Å²) < 4.78 is 16.9. The van der Waals surface area contributed by atoms with Crippen molar-refractivity contribution in [2.75, 3.05) is 6.61 Å². The van der Waals surface area contributed by atoms with Crippen molar-refractivity contribution in [3.05, 3.63) is 84.1 Å². The monoisotopic (exact) mass is 471 g/mol. The van der Waals surface area contributed by atoms with Crippen LogP contribution in [0.2, 0.25) is 0 Å². The highest BCUT2D eigenvalue weighted by atomic mass is 16.5. The van der Waals surface area contributed by atoms with Gasteiger partial charge in [-0.3, -0.25) is 9.97 Å². The molecule has 2 N–H and O–H groups in total. The zero-order valence-electron chi connectivity index (χ0n) is 19.9. The molecule has 4 aromatic rings. The van der Waals surface area contributed by atoms with Gasteiger partial charge in [0.2, 0.25) is 5.89 Å². The van der Waals surface area contributed by atoms with Crippen LogP contribution in [0.15, 0.2) is 65.5 Å². The quantitative estimate of drug-likeness (QED) is 0.356. The number of hydrogen-bond donors (Lipinski definition) is 1. The molecular weight excluding hydrogens is 444 g/mol. The number of ether oxygens (including phenoxy) is 2. The lowest BCUT2D eigenvalue weighted by molar-refractivity contribution is -0.149. The van der Waals surface area contributed by atoms with E-state index in [2.05, 4.69) is 21.0 Å². The van der Waals surface area contributed by atoms with E-state index < -0.39 is 12.0 Å². The number of rotatable bonds is 9. The van der Waals surface area contributed by atoms with Gasteiger partial charge < -0.3 is 19.6 Å². The van der Waals surface area contributed by atoms with E-state index in [9.17, 15) is 4.79 Å². The molecule has 8 heteroatoms. The van der Waals surface area contributed by atoms with Crippen LogP contribution in [0.1, 0.15) is 36.9 Å². The molecule has 1 radical (unpaired) electrons. The van der Waals surface area contributed by atoms with E-state index in [4.69, 9.17) is 19.6 Å². The Morgan fingerprint density at radius 2 is 1.89 bits per heavy atom. The number of aromatic nitrogens is 3. The lowest BCUT2D eigenvalue weighted by Crippen LogP contribution is -2.26. The van der Waals surface area contributed by atoms with Gasteiger partial charge in [0, 0.05) is 36.0 Å². The largest absolute Gasteiger partial charge is 0.493 e. The predicted molar refractivity (Wildman–Crippen MR) is 130 cm³/mol. The Morgan fingerprint density at radius 1 is 1.11 bits per heavy atom. The fourth-order valence-electron chi connectivity index (χ4n) is 3.44. The highest BCUT2D eigenvalue weighted by molar-refractivity contribution is 5.77. The van der Waals surface area contributed by atoms with Crippen LogP contribution in [-0.4, -0.2) is 33.6 Å². The van der Waals surface area contributed by atoms with Gasteiger partial charge in [0.15, 0.2) is 0 Å². The van der Waals surface area contributed by atoms with Gasteiger partial charge in [-0.25, -0.2) is 9.78 Å². The molecule has 1 atom stereocenters. The molecule has 35 heavy (non-hydrogen) atoms. The van der Waals surface area contributed by atoms with Crippen LogP contribution in [0.25, 0.3) is 22.7 Å². The summed E-state index contributed by atoms with van der Waals surface area (Å²) in [6, 6.07) is 15.2. The lowest BCUT2D eigenvalue weighted by atomic mass is 10.1. The average Bonchev–Trinajstić information content (AvgIpc) is 3.24. The Balaban J connectivity index is 1.37. The molecule has 0 aliphatic heterocycles. The van der Waals surface area contributed by atoms with E-state index in [-0.39, 0.29) is 6.10 Å². The molecule has 0 aliphatic rings. The molecule has 0 aliphatic carbocycles. The number of oxazole rings is 1. The van der Waals surface area contributed by atoms with Crippen molar-refractivity contribution < 1.29 is 18.7 Å². The van der Waals surface area contributed by atoms with Gasteiger partial charge in [0.1, 0.15) is 17.6 Å². The summed E-state index contributed by atoms with van der Waals surface area (Å²) in [6.45, 7) is 5.80. The van der Waals surface area contributed by atoms with Gasteiger partial charge in [-0.1, -0.05) is 24.3 Å². The Labute approximate surface area is 204 Å². The Morgan fingerprint density at radius 3 is 2.60 bits per heavy atom. The molecule has 0 saturated heterocycles. The minimum Gasteiger partial charge on any atom is -0.493 e. The van der Waals surface area contributed by atoms with Gasteiger partial charge in [-0.05, 0) is 44.5 Å². The molecule has 1 unspecified atom stereocenters. The molecule has 2 heterocycles. The molecule has 0 saturated carbocycles. The highest BCUT2D eigenvalue weighted by Crippen LogP contribution is 2.25. The summed E-state index contributed by atoms with van der Waals surface area (Å²) in [5.41, 5.74) is 9.97. The van der Waals surface area contributed by atoms with Gasteiger partial charge in [0.25, 0.3) is 0 Å².